The second kappa shape index (κ2) is 6.39. The molecule has 0 atom stereocenters. The van der Waals surface area contributed by atoms with E-state index in [-0.39, 0.29) is 11.9 Å². The van der Waals surface area contributed by atoms with Crippen LogP contribution < -0.4 is 5.48 Å². The lowest BCUT2D eigenvalue weighted by Gasteiger charge is -2.16. The molecule has 1 aromatic heterocycles. The maximum atomic E-state index is 11.9. The van der Waals surface area contributed by atoms with E-state index < -0.39 is 0 Å². The fourth-order valence-corrected chi connectivity index (χ4v) is 1.79. The number of hydrogen-bond donors (Lipinski definition) is 1. The quantitative estimate of drug-likeness (QED) is 0.774. The van der Waals surface area contributed by atoms with Gasteiger partial charge in [0.2, 0.25) is 0 Å². The maximum absolute atomic E-state index is 11.9. The fraction of sp³-hybridized carbons (Fsp3) is 0.667. The Morgan fingerprint density at radius 2 is 2.12 bits per heavy atom. The van der Waals surface area contributed by atoms with Crippen LogP contribution in [-0.2, 0) is 4.84 Å². The molecular weight excluding hydrogens is 218 g/mol. The number of aromatic nitrogens is 2. The van der Waals surface area contributed by atoms with Crippen molar-refractivity contribution in [3.63, 3.8) is 0 Å². The predicted molar refractivity (Wildman–Crippen MR) is 65.7 cm³/mol. The largest absolute Gasteiger partial charge is 0.293 e. The monoisotopic (exact) mass is 239 g/mol. The van der Waals surface area contributed by atoms with Crippen LogP contribution in [0.3, 0.4) is 0 Å². The van der Waals surface area contributed by atoms with Crippen LogP contribution in [0.15, 0.2) is 6.07 Å². The molecule has 0 aromatic carbocycles. The van der Waals surface area contributed by atoms with Crippen LogP contribution >= 0.6 is 0 Å². The fourth-order valence-electron chi connectivity index (χ4n) is 1.79. The summed E-state index contributed by atoms with van der Waals surface area (Å²) in [5.74, 6) is -0.237. The van der Waals surface area contributed by atoms with Gasteiger partial charge in [0.25, 0.3) is 5.91 Å². The molecule has 5 nitrogen and oxygen atoms in total. The van der Waals surface area contributed by atoms with Crippen molar-refractivity contribution in [2.24, 2.45) is 0 Å². The molecule has 1 N–H and O–H groups in total. The molecule has 1 aromatic rings. The number of hydrogen-bond acceptors (Lipinski definition) is 3. The van der Waals surface area contributed by atoms with Gasteiger partial charge in [-0.2, -0.15) is 5.10 Å². The SMILES string of the molecule is CCONC(=O)c1cc(C)nn1C(CC)CC. The van der Waals surface area contributed by atoms with E-state index in [0.717, 1.165) is 18.5 Å². The zero-order valence-electron chi connectivity index (χ0n) is 11.0. The van der Waals surface area contributed by atoms with Gasteiger partial charge < -0.3 is 0 Å². The van der Waals surface area contributed by atoms with E-state index in [2.05, 4.69) is 24.4 Å². The minimum Gasteiger partial charge on any atom is -0.274 e. The molecule has 0 saturated heterocycles. The van der Waals surface area contributed by atoms with Crippen LogP contribution in [0.2, 0.25) is 0 Å². The van der Waals surface area contributed by atoms with Crippen molar-refractivity contribution < 1.29 is 9.63 Å². The van der Waals surface area contributed by atoms with Gasteiger partial charge in [-0.3, -0.25) is 14.3 Å². The highest BCUT2D eigenvalue weighted by Crippen LogP contribution is 2.18. The van der Waals surface area contributed by atoms with Crippen LogP contribution in [-0.4, -0.2) is 22.3 Å². The van der Waals surface area contributed by atoms with Crippen LogP contribution in [0.1, 0.15) is 55.8 Å². The third kappa shape index (κ3) is 3.30. The van der Waals surface area contributed by atoms with Crippen molar-refractivity contribution >= 4 is 5.91 Å². The van der Waals surface area contributed by atoms with Gasteiger partial charge in [0.05, 0.1) is 18.3 Å². The van der Waals surface area contributed by atoms with E-state index in [9.17, 15) is 4.79 Å². The Labute approximate surface area is 102 Å². The molecule has 0 bridgehead atoms. The average molecular weight is 239 g/mol. The van der Waals surface area contributed by atoms with E-state index in [1.165, 1.54) is 0 Å². The molecule has 1 heterocycles. The topological polar surface area (TPSA) is 56.1 Å². The Kier molecular flexibility index (Phi) is 5.15. The van der Waals surface area contributed by atoms with Crippen molar-refractivity contribution in [1.29, 1.82) is 0 Å². The van der Waals surface area contributed by atoms with E-state index in [1.807, 2.05) is 13.8 Å². The van der Waals surface area contributed by atoms with Crippen LogP contribution in [0, 0.1) is 6.92 Å². The van der Waals surface area contributed by atoms with Crippen molar-refractivity contribution in [2.45, 2.75) is 46.6 Å². The number of hydroxylamine groups is 1. The summed E-state index contributed by atoms with van der Waals surface area (Å²) in [6.07, 6.45) is 1.90. The molecule has 1 amide bonds. The summed E-state index contributed by atoms with van der Waals surface area (Å²) in [6.45, 7) is 8.34. The maximum Gasteiger partial charge on any atom is 0.293 e. The molecule has 0 saturated carbocycles. The number of nitrogens with zero attached hydrogens (tertiary/aromatic N) is 2. The first-order chi connectivity index (χ1) is 8.13. The van der Waals surface area contributed by atoms with Crippen molar-refractivity contribution in [1.82, 2.24) is 15.3 Å². The Morgan fingerprint density at radius 1 is 1.47 bits per heavy atom. The number of amides is 1. The number of rotatable bonds is 6. The van der Waals surface area contributed by atoms with Gasteiger partial charge in [-0.25, -0.2) is 5.48 Å². The number of carbonyl (C=O) groups excluding carboxylic acids is 1. The lowest BCUT2D eigenvalue weighted by molar-refractivity contribution is 0.0352. The second-order valence-corrected chi connectivity index (χ2v) is 3.95. The molecule has 0 spiro atoms. The highest BCUT2D eigenvalue weighted by molar-refractivity contribution is 5.91. The molecule has 0 unspecified atom stereocenters. The lowest BCUT2D eigenvalue weighted by Crippen LogP contribution is -2.27. The number of nitrogens with one attached hydrogen (secondary N) is 1. The van der Waals surface area contributed by atoms with E-state index in [0.29, 0.717) is 12.3 Å². The molecule has 1 rings (SSSR count). The minimum absolute atomic E-state index is 0.237. The molecule has 0 aliphatic heterocycles. The van der Waals surface area contributed by atoms with Gasteiger partial charge in [0, 0.05) is 0 Å². The normalized spacial score (nSPS) is 10.9. The molecule has 0 radical (unpaired) electrons. The zero-order valence-corrected chi connectivity index (χ0v) is 11.0. The summed E-state index contributed by atoms with van der Waals surface area (Å²) >= 11 is 0. The predicted octanol–water partition coefficient (Wildman–Crippen LogP) is 2.23. The summed E-state index contributed by atoms with van der Waals surface area (Å²) in [6, 6.07) is 2.04. The molecule has 5 heteroatoms. The Bertz CT molecular complexity index is 370. The van der Waals surface area contributed by atoms with E-state index >= 15 is 0 Å². The lowest BCUT2D eigenvalue weighted by atomic mass is 10.2. The summed E-state index contributed by atoms with van der Waals surface area (Å²) in [5.41, 5.74) is 3.81. The van der Waals surface area contributed by atoms with Crippen LogP contribution in [0.25, 0.3) is 0 Å². The zero-order chi connectivity index (χ0) is 12.8. The van der Waals surface area contributed by atoms with Crippen molar-refractivity contribution in [3.8, 4) is 0 Å². The highest BCUT2D eigenvalue weighted by atomic mass is 16.6. The third-order valence-electron chi connectivity index (χ3n) is 2.69. The van der Waals surface area contributed by atoms with Gasteiger partial charge in [-0.1, -0.05) is 13.8 Å². The molecule has 0 aliphatic rings. The first-order valence-corrected chi connectivity index (χ1v) is 6.12. The average Bonchev–Trinajstić information content (AvgIpc) is 2.70. The van der Waals surface area contributed by atoms with Gasteiger partial charge in [-0.15, -0.1) is 0 Å². The molecule has 96 valence electrons. The van der Waals surface area contributed by atoms with Crippen LogP contribution in [0.5, 0.6) is 0 Å². The van der Waals surface area contributed by atoms with Crippen molar-refractivity contribution in [3.05, 3.63) is 17.5 Å². The summed E-state index contributed by atoms with van der Waals surface area (Å²) in [7, 11) is 0. The van der Waals surface area contributed by atoms with Gasteiger partial charge in [0.1, 0.15) is 5.69 Å². The third-order valence-corrected chi connectivity index (χ3v) is 2.69. The standard InChI is InChI=1S/C12H21N3O2/c1-5-10(6-2)15-11(8-9(4)13-15)12(16)14-17-7-3/h8,10H,5-7H2,1-4H3,(H,14,16). The first kappa shape index (κ1) is 13.7. The van der Waals surface area contributed by atoms with Crippen LogP contribution in [0.4, 0.5) is 0 Å². The Hall–Kier alpha value is -1.36. The molecular formula is C12H21N3O2. The minimum atomic E-state index is -0.237. The molecule has 17 heavy (non-hydrogen) atoms. The van der Waals surface area contributed by atoms with E-state index in [4.69, 9.17) is 4.84 Å². The molecule has 0 fully saturated rings. The number of aryl methyl sites for hydroxylation is 1. The van der Waals surface area contributed by atoms with Gasteiger partial charge in [-0.05, 0) is 32.8 Å². The van der Waals surface area contributed by atoms with E-state index in [1.54, 1.807) is 10.7 Å². The van der Waals surface area contributed by atoms with Gasteiger partial charge in [0.15, 0.2) is 0 Å². The smallest absolute Gasteiger partial charge is 0.274 e. The Balaban J connectivity index is 2.94. The summed E-state index contributed by atoms with van der Waals surface area (Å²) < 4.78 is 1.80. The first-order valence-electron chi connectivity index (χ1n) is 6.12. The van der Waals surface area contributed by atoms with Gasteiger partial charge >= 0.3 is 0 Å². The Morgan fingerprint density at radius 3 is 2.65 bits per heavy atom. The second-order valence-electron chi connectivity index (χ2n) is 3.95. The van der Waals surface area contributed by atoms with Crippen molar-refractivity contribution in [2.75, 3.05) is 6.61 Å². The molecule has 0 aliphatic carbocycles. The number of carbonyl (C=O) groups is 1. The summed E-state index contributed by atoms with van der Waals surface area (Å²) in [4.78, 5) is 16.8. The highest BCUT2D eigenvalue weighted by Gasteiger charge is 2.18. The summed E-state index contributed by atoms with van der Waals surface area (Å²) in [5, 5.41) is 4.38.